The fraction of sp³-hybridized carbons (Fsp3) is 0.438. The number of ether oxygens (including phenoxy) is 1. The molecule has 3 rings (SSSR count). The van der Waals surface area contributed by atoms with Crippen LogP contribution < -0.4 is 4.74 Å². The number of benzene rings is 1. The van der Waals surface area contributed by atoms with Gasteiger partial charge in [0.15, 0.2) is 0 Å². The second-order valence-electron chi connectivity index (χ2n) is 5.46. The number of rotatable bonds is 5. The van der Waals surface area contributed by atoms with Crippen LogP contribution in [0.2, 0.25) is 0 Å². The van der Waals surface area contributed by atoms with Gasteiger partial charge in [-0.1, -0.05) is 25.1 Å². The average Bonchev–Trinajstić information content (AvgIpc) is 3.09. The van der Waals surface area contributed by atoms with Crippen molar-refractivity contribution in [1.82, 2.24) is 25.5 Å². The number of nitrogens with one attached hydrogen (secondary N) is 1. The van der Waals surface area contributed by atoms with E-state index in [9.17, 15) is 0 Å². The molecule has 1 aliphatic heterocycles. The van der Waals surface area contributed by atoms with Crippen LogP contribution in [0.25, 0.3) is 5.57 Å². The van der Waals surface area contributed by atoms with Gasteiger partial charge in [-0.05, 0) is 35.2 Å². The third-order valence-corrected chi connectivity index (χ3v) is 3.99. The highest BCUT2D eigenvalue weighted by Gasteiger charge is 2.17. The molecule has 0 aliphatic carbocycles. The molecule has 22 heavy (non-hydrogen) atoms. The molecule has 0 bridgehead atoms. The Hall–Kier alpha value is -2.21. The van der Waals surface area contributed by atoms with Gasteiger partial charge >= 0.3 is 0 Å². The molecule has 0 fully saturated rings. The van der Waals surface area contributed by atoms with Gasteiger partial charge in [-0.3, -0.25) is 4.90 Å². The molecule has 1 aromatic heterocycles. The van der Waals surface area contributed by atoms with Crippen molar-refractivity contribution in [2.75, 3.05) is 20.2 Å². The zero-order valence-electron chi connectivity index (χ0n) is 13.0. The normalized spacial score (nSPS) is 15.6. The molecule has 1 aliphatic rings. The minimum Gasteiger partial charge on any atom is -0.496 e. The number of H-pyrrole nitrogens is 1. The van der Waals surface area contributed by atoms with Crippen LogP contribution in [0.5, 0.6) is 5.75 Å². The fourth-order valence-corrected chi connectivity index (χ4v) is 2.87. The van der Waals surface area contributed by atoms with Crippen molar-refractivity contribution in [2.45, 2.75) is 26.3 Å². The Morgan fingerprint density at radius 1 is 1.36 bits per heavy atom. The van der Waals surface area contributed by atoms with Gasteiger partial charge in [0.05, 0.1) is 7.11 Å². The summed E-state index contributed by atoms with van der Waals surface area (Å²) in [6, 6.07) is 6.45. The molecule has 0 amide bonds. The van der Waals surface area contributed by atoms with Gasteiger partial charge in [-0.2, -0.15) is 5.21 Å². The van der Waals surface area contributed by atoms with Crippen molar-refractivity contribution < 1.29 is 4.74 Å². The third kappa shape index (κ3) is 3.17. The first-order valence-electron chi connectivity index (χ1n) is 7.61. The molecular formula is C16H21N5O. The van der Waals surface area contributed by atoms with Crippen LogP contribution in [-0.2, 0) is 13.0 Å². The highest BCUT2D eigenvalue weighted by Crippen LogP contribution is 2.23. The van der Waals surface area contributed by atoms with Crippen LogP contribution in [0.15, 0.2) is 24.3 Å². The second kappa shape index (κ2) is 6.70. The number of tetrazole rings is 1. The first-order valence-corrected chi connectivity index (χ1v) is 7.61. The van der Waals surface area contributed by atoms with E-state index in [1.807, 2.05) is 0 Å². The molecule has 116 valence electrons. The highest BCUT2D eigenvalue weighted by atomic mass is 16.5. The largest absolute Gasteiger partial charge is 0.496 e. The lowest BCUT2D eigenvalue weighted by molar-refractivity contribution is 0.295. The monoisotopic (exact) mass is 299 g/mol. The summed E-state index contributed by atoms with van der Waals surface area (Å²) >= 11 is 0. The summed E-state index contributed by atoms with van der Waals surface area (Å²) in [5, 5.41) is 14.3. The lowest BCUT2D eigenvalue weighted by Gasteiger charge is -2.26. The maximum Gasteiger partial charge on any atom is 0.201 e. The zero-order chi connectivity index (χ0) is 15.4. The summed E-state index contributed by atoms with van der Waals surface area (Å²) in [4.78, 5) is 2.41. The van der Waals surface area contributed by atoms with Crippen LogP contribution in [0.1, 0.15) is 30.3 Å². The summed E-state index contributed by atoms with van der Waals surface area (Å²) in [6.07, 6.45) is 4.19. The van der Waals surface area contributed by atoms with E-state index in [1.165, 1.54) is 11.1 Å². The van der Waals surface area contributed by atoms with Gasteiger partial charge in [-0.25, -0.2) is 0 Å². The summed E-state index contributed by atoms with van der Waals surface area (Å²) in [5.41, 5.74) is 3.71. The molecule has 6 heteroatoms. The lowest BCUT2D eigenvalue weighted by Crippen LogP contribution is -2.29. The van der Waals surface area contributed by atoms with Crippen molar-refractivity contribution >= 4 is 5.57 Å². The summed E-state index contributed by atoms with van der Waals surface area (Å²) in [6.45, 7) is 4.98. The van der Waals surface area contributed by atoms with Crippen molar-refractivity contribution in [3.8, 4) is 5.75 Å². The third-order valence-electron chi connectivity index (χ3n) is 3.99. The van der Waals surface area contributed by atoms with E-state index in [2.05, 4.69) is 56.7 Å². The number of aromatic amines is 1. The van der Waals surface area contributed by atoms with E-state index in [4.69, 9.17) is 4.74 Å². The molecule has 0 unspecified atom stereocenters. The van der Waals surface area contributed by atoms with E-state index in [-0.39, 0.29) is 0 Å². The van der Waals surface area contributed by atoms with Gasteiger partial charge in [-0.15, -0.1) is 10.2 Å². The van der Waals surface area contributed by atoms with Crippen molar-refractivity contribution in [2.24, 2.45) is 0 Å². The molecular weight excluding hydrogens is 278 g/mol. The number of methoxy groups -OCH3 is 1. The molecule has 0 radical (unpaired) electrons. The predicted octanol–water partition coefficient (Wildman–Crippen LogP) is 2.06. The Labute approximate surface area is 130 Å². The van der Waals surface area contributed by atoms with Crippen LogP contribution >= 0.6 is 0 Å². The molecule has 0 saturated carbocycles. The molecule has 6 nitrogen and oxygen atoms in total. The molecule has 1 N–H and O–H groups in total. The zero-order valence-corrected chi connectivity index (χ0v) is 13.0. The van der Waals surface area contributed by atoms with Crippen LogP contribution in [0, 0.1) is 0 Å². The Bertz CT molecular complexity index is 651. The number of nitrogens with zero attached hydrogens (tertiary/aromatic N) is 4. The Morgan fingerprint density at radius 3 is 3.00 bits per heavy atom. The number of aryl methyl sites for hydroxylation is 1. The van der Waals surface area contributed by atoms with E-state index in [0.717, 1.165) is 43.8 Å². The smallest absolute Gasteiger partial charge is 0.201 e. The van der Waals surface area contributed by atoms with Crippen LogP contribution in [-0.4, -0.2) is 45.7 Å². The van der Waals surface area contributed by atoms with Crippen molar-refractivity contribution in [3.63, 3.8) is 0 Å². The summed E-state index contributed by atoms with van der Waals surface area (Å²) in [7, 11) is 1.72. The van der Waals surface area contributed by atoms with Gasteiger partial charge in [0, 0.05) is 25.2 Å². The SMILES string of the molecule is CCc1cc(CN2CCC=C(c3nn[nH]n3)C2)ccc1OC. The molecule has 0 saturated heterocycles. The summed E-state index contributed by atoms with van der Waals surface area (Å²) < 4.78 is 5.40. The molecule has 2 heterocycles. The maximum absolute atomic E-state index is 5.40. The Kier molecular flexibility index (Phi) is 4.48. The Morgan fingerprint density at radius 2 is 2.27 bits per heavy atom. The minimum atomic E-state index is 0.702. The van der Waals surface area contributed by atoms with Gasteiger partial charge < -0.3 is 4.74 Å². The van der Waals surface area contributed by atoms with E-state index in [1.54, 1.807) is 7.11 Å². The second-order valence-corrected chi connectivity index (χ2v) is 5.46. The maximum atomic E-state index is 5.40. The van der Waals surface area contributed by atoms with Gasteiger partial charge in [0.2, 0.25) is 5.82 Å². The first kappa shape index (κ1) is 14.7. The Balaban J connectivity index is 1.70. The highest BCUT2D eigenvalue weighted by molar-refractivity contribution is 5.61. The quantitative estimate of drug-likeness (QED) is 0.915. The van der Waals surface area contributed by atoms with Gasteiger partial charge in [0.25, 0.3) is 0 Å². The molecule has 0 atom stereocenters. The van der Waals surface area contributed by atoms with Crippen molar-refractivity contribution in [3.05, 3.63) is 41.2 Å². The minimum absolute atomic E-state index is 0.702. The lowest BCUT2D eigenvalue weighted by atomic mass is 10.0. The van der Waals surface area contributed by atoms with E-state index in [0.29, 0.717) is 5.82 Å². The topological polar surface area (TPSA) is 66.9 Å². The molecule has 0 spiro atoms. The molecule has 2 aromatic rings. The van der Waals surface area contributed by atoms with Crippen LogP contribution in [0.4, 0.5) is 0 Å². The standard InChI is InChI=1S/C16H21N5O/c1-3-13-9-12(6-7-15(13)22-2)10-21-8-4-5-14(11-21)16-17-19-20-18-16/h5-7,9H,3-4,8,10-11H2,1-2H3,(H,17,18,19,20). The van der Waals surface area contributed by atoms with Crippen molar-refractivity contribution in [1.29, 1.82) is 0 Å². The predicted molar refractivity (Wildman–Crippen MR) is 84.4 cm³/mol. The number of aromatic nitrogens is 4. The van der Waals surface area contributed by atoms with E-state index < -0.39 is 0 Å². The molecule has 1 aromatic carbocycles. The van der Waals surface area contributed by atoms with Crippen LogP contribution in [0.3, 0.4) is 0 Å². The fourth-order valence-electron chi connectivity index (χ4n) is 2.87. The van der Waals surface area contributed by atoms with E-state index >= 15 is 0 Å². The van der Waals surface area contributed by atoms with Gasteiger partial charge in [0.1, 0.15) is 5.75 Å². The number of hydrogen-bond acceptors (Lipinski definition) is 5. The number of hydrogen-bond donors (Lipinski definition) is 1. The average molecular weight is 299 g/mol. The first-order chi connectivity index (χ1) is 10.8. The summed E-state index contributed by atoms with van der Waals surface area (Å²) in [5.74, 6) is 1.67.